The van der Waals surface area contributed by atoms with Crippen molar-refractivity contribution in [3.8, 4) is 0 Å². The summed E-state index contributed by atoms with van der Waals surface area (Å²) in [5, 5.41) is 2.20. The summed E-state index contributed by atoms with van der Waals surface area (Å²) in [6.07, 6.45) is 5.27. The summed E-state index contributed by atoms with van der Waals surface area (Å²) in [5.41, 5.74) is -0.563. The standard InChI is InChI=1S/C27H33NO4SSi/c1-26(2,3)34(24-10-6-4-7-11-24,25-12-8-5-9-13-25)32-19-22-14-16-27-17-15-23(29)18-21(27)20-33(30,31)28(22)27/h4-13,15,17,21-22H,14,16,18-20H2,1-3H3/t21-,22+,27-/m1/s1. The molecule has 0 saturated carbocycles. The lowest BCUT2D eigenvalue weighted by atomic mass is 9.77. The quantitative estimate of drug-likeness (QED) is 0.598. The van der Waals surface area contributed by atoms with E-state index in [0.29, 0.717) is 13.0 Å². The third-order valence-corrected chi connectivity index (χ3v) is 15.0. The second kappa shape index (κ2) is 8.26. The molecule has 1 aliphatic carbocycles. The van der Waals surface area contributed by atoms with E-state index in [1.54, 1.807) is 10.4 Å². The molecule has 2 aliphatic heterocycles. The molecule has 0 N–H and O–H groups in total. The summed E-state index contributed by atoms with van der Waals surface area (Å²) in [6.45, 7) is 7.04. The SMILES string of the molecule is CC(C)(C)[Si](OC[C@@H]1CC[C@@]23C=CC(=O)C[C@@H]2CS(=O)(=O)N13)(c1ccccc1)c1ccccc1. The van der Waals surface area contributed by atoms with Gasteiger partial charge in [0.2, 0.25) is 10.0 Å². The maximum atomic E-state index is 13.3. The zero-order valence-corrected chi connectivity index (χ0v) is 21.9. The van der Waals surface area contributed by atoms with Crippen LogP contribution in [0.5, 0.6) is 0 Å². The molecule has 2 fully saturated rings. The fourth-order valence-electron chi connectivity index (χ4n) is 6.52. The number of hydrogen-bond acceptors (Lipinski definition) is 4. The van der Waals surface area contributed by atoms with Crippen molar-refractivity contribution in [3.63, 3.8) is 0 Å². The molecule has 3 aliphatic rings. The Morgan fingerprint density at radius 3 is 2.18 bits per heavy atom. The molecular weight excluding hydrogens is 462 g/mol. The Labute approximate surface area is 204 Å². The number of carbonyl (C=O) groups excluding carboxylic acids is 1. The largest absolute Gasteiger partial charge is 0.406 e. The molecule has 0 aromatic heterocycles. The highest BCUT2D eigenvalue weighted by atomic mass is 32.2. The maximum Gasteiger partial charge on any atom is 0.261 e. The van der Waals surface area contributed by atoms with E-state index in [1.165, 1.54) is 10.4 Å². The van der Waals surface area contributed by atoms with E-state index in [1.807, 2.05) is 18.2 Å². The number of rotatable bonds is 5. The first-order valence-corrected chi connectivity index (χ1v) is 15.6. The van der Waals surface area contributed by atoms with E-state index < -0.39 is 23.9 Å². The van der Waals surface area contributed by atoms with Crippen LogP contribution in [0.1, 0.15) is 40.0 Å². The van der Waals surface area contributed by atoms with Crippen molar-refractivity contribution in [2.75, 3.05) is 12.4 Å². The normalized spacial score (nSPS) is 28.6. The van der Waals surface area contributed by atoms with Crippen molar-refractivity contribution in [1.82, 2.24) is 4.31 Å². The molecule has 0 unspecified atom stereocenters. The van der Waals surface area contributed by atoms with E-state index in [9.17, 15) is 13.2 Å². The zero-order chi connectivity index (χ0) is 24.2. The summed E-state index contributed by atoms with van der Waals surface area (Å²) in [4.78, 5) is 12.0. The van der Waals surface area contributed by atoms with Crippen molar-refractivity contribution < 1.29 is 17.6 Å². The van der Waals surface area contributed by atoms with Crippen LogP contribution in [0.15, 0.2) is 72.8 Å². The number of carbonyl (C=O) groups is 1. The van der Waals surface area contributed by atoms with Crippen LogP contribution in [0.3, 0.4) is 0 Å². The Morgan fingerprint density at radius 2 is 1.62 bits per heavy atom. The second-order valence-corrected chi connectivity index (χ2v) is 17.1. The molecule has 2 heterocycles. The summed E-state index contributed by atoms with van der Waals surface area (Å²) in [7, 11) is -6.21. The molecule has 1 spiro atoms. The van der Waals surface area contributed by atoms with Crippen LogP contribution >= 0.6 is 0 Å². The maximum absolute atomic E-state index is 13.3. The summed E-state index contributed by atoms with van der Waals surface area (Å²) in [5.74, 6) is -0.0775. The van der Waals surface area contributed by atoms with Crippen LogP contribution in [-0.4, -0.2) is 50.8 Å². The van der Waals surface area contributed by atoms with Crippen LogP contribution in [-0.2, 0) is 19.2 Å². The molecule has 0 amide bonds. The van der Waals surface area contributed by atoms with Gasteiger partial charge in [-0.05, 0) is 34.3 Å². The Kier molecular flexibility index (Phi) is 5.75. The van der Waals surface area contributed by atoms with Crippen molar-refractivity contribution in [3.05, 3.63) is 72.8 Å². The van der Waals surface area contributed by atoms with Crippen LogP contribution in [0, 0.1) is 5.92 Å². The Balaban J connectivity index is 1.54. The van der Waals surface area contributed by atoms with Crippen LogP contribution < -0.4 is 10.4 Å². The first kappa shape index (κ1) is 23.7. The monoisotopic (exact) mass is 495 g/mol. The van der Waals surface area contributed by atoms with Gasteiger partial charge in [-0.15, -0.1) is 0 Å². The van der Waals surface area contributed by atoms with Gasteiger partial charge in [0.1, 0.15) is 0 Å². The first-order chi connectivity index (χ1) is 16.1. The lowest BCUT2D eigenvalue weighted by Gasteiger charge is -2.44. The van der Waals surface area contributed by atoms with Gasteiger partial charge in [-0.3, -0.25) is 4.79 Å². The molecule has 180 valence electrons. The van der Waals surface area contributed by atoms with E-state index in [4.69, 9.17) is 4.43 Å². The molecule has 0 radical (unpaired) electrons. The van der Waals surface area contributed by atoms with Crippen molar-refractivity contribution in [1.29, 1.82) is 0 Å². The highest BCUT2D eigenvalue weighted by Gasteiger charge is 2.62. The molecule has 3 atom stereocenters. The van der Waals surface area contributed by atoms with Gasteiger partial charge in [-0.1, -0.05) is 87.5 Å². The average molecular weight is 496 g/mol. The highest BCUT2D eigenvalue weighted by Crippen LogP contribution is 2.51. The minimum Gasteiger partial charge on any atom is -0.406 e. The van der Waals surface area contributed by atoms with Crippen LogP contribution in [0.2, 0.25) is 5.04 Å². The number of benzene rings is 2. The number of allylic oxidation sites excluding steroid dienone is 1. The Morgan fingerprint density at radius 1 is 1.03 bits per heavy atom. The van der Waals surface area contributed by atoms with Gasteiger partial charge in [0, 0.05) is 18.4 Å². The summed E-state index contributed by atoms with van der Waals surface area (Å²) >= 11 is 0. The van der Waals surface area contributed by atoms with E-state index in [2.05, 4.69) is 69.3 Å². The predicted octanol–water partition coefficient (Wildman–Crippen LogP) is 3.25. The highest BCUT2D eigenvalue weighted by molar-refractivity contribution is 7.89. The summed E-state index contributed by atoms with van der Waals surface area (Å²) in [6, 6.07) is 20.6. The van der Waals surface area contributed by atoms with E-state index in [-0.39, 0.29) is 28.5 Å². The third-order valence-electron chi connectivity index (χ3n) is 7.95. The zero-order valence-electron chi connectivity index (χ0n) is 20.1. The molecule has 0 bridgehead atoms. The molecule has 7 heteroatoms. The smallest absolute Gasteiger partial charge is 0.261 e. The minimum absolute atomic E-state index is 0.0275. The van der Waals surface area contributed by atoms with E-state index >= 15 is 0 Å². The predicted molar refractivity (Wildman–Crippen MR) is 137 cm³/mol. The molecule has 5 rings (SSSR count). The van der Waals surface area contributed by atoms with Crippen molar-refractivity contribution in [2.24, 2.45) is 5.92 Å². The molecule has 2 saturated heterocycles. The van der Waals surface area contributed by atoms with Crippen LogP contribution in [0.4, 0.5) is 0 Å². The second-order valence-electron chi connectivity index (χ2n) is 10.9. The fraction of sp³-hybridized carbons (Fsp3) is 0.444. The fourth-order valence-corrected chi connectivity index (χ4v) is 13.6. The lowest BCUT2D eigenvalue weighted by molar-refractivity contribution is -0.116. The summed E-state index contributed by atoms with van der Waals surface area (Å²) < 4.78 is 35.4. The molecule has 5 nitrogen and oxygen atoms in total. The number of ketones is 1. The van der Waals surface area contributed by atoms with Gasteiger partial charge in [0.15, 0.2) is 5.78 Å². The van der Waals surface area contributed by atoms with Gasteiger partial charge in [0.05, 0.1) is 17.9 Å². The Bertz CT molecular complexity index is 1170. The van der Waals surface area contributed by atoms with Crippen molar-refractivity contribution in [2.45, 2.75) is 56.7 Å². The van der Waals surface area contributed by atoms with Crippen LogP contribution in [0.25, 0.3) is 0 Å². The lowest BCUT2D eigenvalue weighted by Crippen LogP contribution is -2.67. The average Bonchev–Trinajstić information content (AvgIpc) is 3.28. The van der Waals surface area contributed by atoms with Gasteiger partial charge in [-0.25, -0.2) is 8.42 Å². The molecule has 34 heavy (non-hydrogen) atoms. The first-order valence-electron chi connectivity index (χ1n) is 12.1. The van der Waals surface area contributed by atoms with E-state index in [0.717, 1.165) is 12.8 Å². The molecular formula is C27H33NO4SSi. The van der Waals surface area contributed by atoms with Gasteiger partial charge >= 0.3 is 0 Å². The Hall–Kier alpha value is -2.06. The van der Waals surface area contributed by atoms with Gasteiger partial charge in [0.25, 0.3) is 8.32 Å². The number of nitrogens with zero attached hydrogens (tertiary/aromatic N) is 1. The van der Waals surface area contributed by atoms with Gasteiger partial charge < -0.3 is 4.43 Å². The number of hydrogen-bond donors (Lipinski definition) is 0. The minimum atomic E-state index is -3.46. The third kappa shape index (κ3) is 3.56. The van der Waals surface area contributed by atoms with Crippen molar-refractivity contribution >= 4 is 34.5 Å². The molecule has 2 aromatic carbocycles. The van der Waals surface area contributed by atoms with Gasteiger partial charge in [-0.2, -0.15) is 4.31 Å². The number of sulfonamides is 1. The topological polar surface area (TPSA) is 63.7 Å². The molecule has 2 aromatic rings.